The molecule has 1 aromatic carbocycles. The molecule has 0 atom stereocenters. The maximum atomic E-state index is 4.57. The number of H-pyrrole nitrogens is 1. The minimum Gasteiger partial charge on any atom is -0.333 e. The zero-order valence-electron chi connectivity index (χ0n) is 10.4. The molecule has 2 rings (SSSR count). The Bertz CT molecular complexity index is 517. The monoisotopic (exact) mass is 266 g/mol. The molecule has 2 aromatic rings. The van der Waals surface area contributed by atoms with Crippen LogP contribution in [0.4, 0.5) is 0 Å². The first-order valence-electron chi connectivity index (χ1n) is 5.70. The highest BCUT2D eigenvalue weighted by molar-refractivity contribution is 7.99. The van der Waals surface area contributed by atoms with E-state index in [0.717, 1.165) is 27.7 Å². The second-order valence-corrected chi connectivity index (χ2v) is 6.45. The smallest absolute Gasteiger partial charge is 0.166 e. The second kappa shape index (κ2) is 4.94. The van der Waals surface area contributed by atoms with Gasteiger partial charge in [0.05, 0.1) is 11.0 Å². The molecule has 0 amide bonds. The van der Waals surface area contributed by atoms with E-state index in [1.54, 1.807) is 11.8 Å². The molecule has 0 radical (unpaired) electrons. The summed E-state index contributed by atoms with van der Waals surface area (Å²) in [5, 5.41) is 1.00. The number of hydrogen-bond donors (Lipinski definition) is 2. The lowest BCUT2D eigenvalue weighted by atomic mass is 10.0. The van der Waals surface area contributed by atoms with Crippen LogP contribution in [0.15, 0.2) is 23.4 Å². The van der Waals surface area contributed by atoms with E-state index in [1.807, 2.05) is 0 Å². The Kier molecular flexibility index (Phi) is 3.73. The largest absolute Gasteiger partial charge is 0.333 e. The second-order valence-electron chi connectivity index (χ2n) is 5.17. The Morgan fingerprint density at radius 2 is 2.18 bits per heavy atom. The molecule has 92 valence electrons. The number of fused-ring (bicyclic) bond motifs is 1. The molecular weight excluding hydrogens is 248 g/mol. The van der Waals surface area contributed by atoms with E-state index >= 15 is 0 Å². The normalized spacial score (nSPS) is 12.2. The topological polar surface area (TPSA) is 28.7 Å². The first-order valence-corrected chi connectivity index (χ1v) is 7.32. The lowest BCUT2D eigenvalue weighted by Crippen LogP contribution is -2.16. The van der Waals surface area contributed by atoms with E-state index in [-0.39, 0.29) is 5.41 Å². The molecule has 0 saturated carbocycles. The van der Waals surface area contributed by atoms with Gasteiger partial charge in [0.1, 0.15) is 0 Å². The van der Waals surface area contributed by atoms with Gasteiger partial charge in [-0.3, -0.25) is 0 Å². The molecule has 0 aliphatic rings. The fourth-order valence-electron chi connectivity index (χ4n) is 1.48. The SMILES string of the molecule is Cc1ccc2nc(SCC(C)(C)CS)[nH]c2c1. The van der Waals surface area contributed by atoms with Crippen LogP contribution in [0, 0.1) is 12.3 Å². The van der Waals surface area contributed by atoms with Crippen molar-refractivity contribution in [1.29, 1.82) is 0 Å². The highest BCUT2D eigenvalue weighted by atomic mass is 32.2. The van der Waals surface area contributed by atoms with Crippen LogP contribution in [-0.4, -0.2) is 21.5 Å². The molecule has 0 spiro atoms. The van der Waals surface area contributed by atoms with E-state index in [4.69, 9.17) is 0 Å². The highest BCUT2D eigenvalue weighted by Gasteiger charge is 2.17. The number of aryl methyl sites for hydroxylation is 1. The van der Waals surface area contributed by atoms with Gasteiger partial charge in [-0.15, -0.1) is 0 Å². The van der Waals surface area contributed by atoms with Crippen LogP contribution in [0.25, 0.3) is 11.0 Å². The zero-order valence-corrected chi connectivity index (χ0v) is 12.2. The molecular formula is C13H18N2S2. The molecule has 1 N–H and O–H groups in total. The summed E-state index contributed by atoms with van der Waals surface area (Å²) in [5.41, 5.74) is 3.66. The number of thioether (sulfide) groups is 1. The van der Waals surface area contributed by atoms with Gasteiger partial charge in [0.2, 0.25) is 0 Å². The number of hydrogen-bond acceptors (Lipinski definition) is 3. The standard InChI is InChI=1S/C13H18N2S2/c1-9-4-5-10-11(6-9)15-12(14-10)17-8-13(2,3)7-16/h4-6,16H,7-8H2,1-3H3,(H,14,15). The Hall–Kier alpha value is -0.610. The van der Waals surface area contributed by atoms with Gasteiger partial charge < -0.3 is 4.98 Å². The molecule has 0 aliphatic heterocycles. The van der Waals surface area contributed by atoms with E-state index in [2.05, 4.69) is 61.6 Å². The summed E-state index contributed by atoms with van der Waals surface area (Å²) in [6.07, 6.45) is 0. The minimum atomic E-state index is 0.239. The first kappa shape index (κ1) is 12.8. The van der Waals surface area contributed by atoms with Crippen LogP contribution in [0.5, 0.6) is 0 Å². The third-order valence-electron chi connectivity index (χ3n) is 2.64. The van der Waals surface area contributed by atoms with Crippen LogP contribution >= 0.6 is 24.4 Å². The van der Waals surface area contributed by atoms with Gasteiger partial charge in [0.15, 0.2) is 5.16 Å². The third-order valence-corrected chi connectivity index (χ3v) is 4.89. The minimum absolute atomic E-state index is 0.239. The summed E-state index contributed by atoms with van der Waals surface area (Å²) < 4.78 is 0. The van der Waals surface area contributed by atoms with Gasteiger partial charge in [-0.25, -0.2) is 4.98 Å². The van der Waals surface area contributed by atoms with Crippen LogP contribution in [-0.2, 0) is 0 Å². The van der Waals surface area contributed by atoms with Crippen molar-refractivity contribution in [1.82, 2.24) is 9.97 Å². The molecule has 4 heteroatoms. The molecule has 0 saturated heterocycles. The molecule has 0 bridgehead atoms. The summed E-state index contributed by atoms with van der Waals surface area (Å²) in [7, 11) is 0. The van der Waals surface area contributed by atoms with Crippen molar-refractivity contribution in [2.45, 2.75) is 25.9 Å². The fourth-order valence-corrected chi connectivity index (χ4v) is 2.72. The van der Waals surface area contributed by atoms with Gasteiger partial charge in [-0.1, -0.05) is 31.7 Å². The summed E-state index contributed by atoms with van der Waals surface area (Å²) in [6.45, 7) is 6.54. The number of thiol groups is 1. The van der Waals surface area contributed by atoms with Crippen LogP contribution in [0.2, 0.25) is 0 Å². The lowest BCUT2D eigenvalue weighted by molar-refractivity contribution is 0.493. The lowest BCUT2D eigenvalue weighted by Gasteiger charge is -2.20. The summed E-state index contributed by atoms with van der Waals surface area (Å²) in [6, 6.07) is 6.29. The number of imidazole rings is 1. The summed E-state index contributed by atoms with van der Waals surface area (Å²) >= 11 is 6.14. The molecule has 0 fully saturated rings. The van der Waals surface area contributed by atoms with Crippen molar-refractivity contribution in [3.8, 4) is 0 Å². The Labute approximate surface area is 112 Å². The van der Waals surface area contributed by atoms with Crippen molar-refractivity contribution in [3.63, 3.8) is 0 Å². The van der Waals surface area contributed by atoms with E-state index in [1.165, 1.54) is 5.56 Å². The maximum Gasteiger partial charge on any atom is 0.166 e. The van der Waals surface area contributed by atoms with Crippen molar-refractivity contribution in [2.24, 2.45) is 5.41 Å². The van der Waals surface area contributed by atoms with Gasteiger partial charge in [0, 0.05) is 5.75 Å². The first-order chi connectivity index (χ1) is 8.00. The predicted molar refractivity (Wildman–Crippen MR) is 79.2 cm³/mol. The van der Waals surface area contributed by atoms with Crippen LogP contribution < -0.4 is 0 Å². The average molecular weight is 266 g/mol. The molecule has 1 heterocycles. The number of aromatic amines is 1. The molecule has 0 unspecified atom stereocenters. The molecule has 2 nitrogen and oxygen atoms in total. The summed E-state index contributed by atoms with van der Waals surface area (Å²) in [5.74, 6) is 1.91. The number of nitrogens with one attached hydrogen (secondary N) is 1. The van der Waals surface area contributed by atoms with Crippen LogP contribution in [0.3, 0.4) is 0 Å². The molecule has 17 heavy (non-hydrogen) atoms. The summed E-state index contributed by atoms with van der Waals surface area (Å²) in [4.78, 5) is 7.93. The van der Waals surface area contributed by atoms with E-state index in [0.29, 0.717) is 0 Å². The zero-order chi connectivity index (χ0) is 12.5. The Morgan fingerprint density at radius 1 is 1.41 bits per heavy atom. The van der Waals surface area contributed by atoms with Gasteiger partial charge in [0.25, 0.3) is 0 Å². The molecule has 0 aliphatic carbocycles. The Balaban J connectivity index is 2.15. The number of benzene rings is 1. The van der Waals surface area contributed by atoms with Gasteiger partial charge in [-0.05, 0) is 35.8 Å². The van der Waals surface area contributed by atoms with Crippen LogP contribution in [0.1, 0.15) is 19.4 Å². The maximum absolute atomic E-state index is 4.57. The van der Waals surface area contributed by atoms with Crippen molar-refractivity contribution in [3.05, 3.63) is 23.8 Å². The Morgan fingerprint density at radius 3 is 2.88 bits per heavy atom. The van der Waals surface area contributed by atoms with Crippen molar-refractivity contribution in [2.75, 3.05) is 11.5 Å². The number of nitrogens with zero attached hydrogens (tertiary/aromatic N) is 1. The predicted octanol–water partition coefficient (Wildman–Crippen LogP) is 3.92. The number of rotatable bonds is 4. The van der Waals surface area contributed by atoms with E-state index < -0.39 is 0 Å². The van der Waals surface area contributed by atoms with E-state index in [9.17, 15) is 0 Å². The fraction of sp³-hybridized carbons (Fsp3) is 0.462. The highest BCUT2D eigenvalue weighted by Crippen LogP contribution is 2.28. The molecule has 1 aromatic heterocycles. The van der Waals surface area contributed by atoms with Crippen molar-refractivity contribution < 1.29 is 0 Å². The number of aromatic nitrogens is 2. The van der Waals surface area contributed by atoms with Crippen molar-refractivity contribution >= 4 is 35.4 Å². The van der Waals surface area contributed by atoms with Gasteiger partial charge in [-0.2, -0.15) is 12.6 Å². The quantitative estimate of drug-likeness (QED) is 0.648. The van der Waals surface area contributed by atoms with Gasteiger partial charge >= 0.3 is 0 Å². The average Bonchev–Trinajstić information content (AvgIpc) is 2.68. The third kappa shape index (κ3) is 3.19.